The lowest BCUT2D eigenvalue weighted by Gasteiger charge is -2.09. The summed E-state index contributed by atoms with van der Waals surface area (Å²) in [6.45, 7) is 2.97. The Hall–Kier alpha value is -2.57. The molecule has 1 amide bonds. The Morgan fingerprint density at radius 1 is 1.30 bits per heavy atom. The number of carbonyl (C=O) groups excluding carboxylic acids is 1. The van der Waals surface area contributed by atoms with E-state index in [1.165, 1.54) is 0 Å². The molecule has 7 heteroatoms. The summed E-state index contributed by atoms with van der Waals surface area (Å²) >= 11 is 0. The number of benzene rings is 1. The van der Waals surface area contributed by atoms with Crippen LogP contribution in [0.2, 0.25) is 0 Å². The monoisotopic (exact) mass is 274 g/mol. The van der Waals surface area contributed by atoms with Crippen molar-refractivity contribution < 1.29 is 14.3 Å². The molecule has 3 rings (SSSR count). The number of hydrogen-bond donors (Lipinski definition) is 2. The maximum absolute atomic E-state index is 11.9. The van der Waals surface area contributed by atoms with Gasteiger partial charge in [0.25, 0.3) is 5.91 Å². The molecule has 0 spiro atoms. The standard InChI is InChI=1S/C13H14N4O3/c1-8-14-12(17-16-8)13(18)15-9-3-4-10-11(7-9)20-6-2-5-19-10/h3-4,7H,2,5-6H2,1H3,(H,15,18)(H,14,16,17). The van der Waals surface area contributed by atoms with Crippen molar-refractivity contribution in [3.05, 3.63) is 29.8 Å². The third-order valence-electron chi connectivity index (χ3n) is 2.81. The molecule has 104 valence electrons. The maximum Gasteiger partial charge on any atom is 0.295 e. The van der Waals surface area contributed by atoms with Crippen LogP contribution in [0, 0.1) is 6.92 Å². The predicted molar refractivity (Wildman–Crippen MR) is 71.1 cm³/mol. The van der Waals surface area contributed by atoms with Crippen molar-refractivity contribution in [1.29, 1.82) is 0 Å². The minimum atomic E-state index is -0.371. The van der Waals surface area contributed by atoms with Crippen LogP contribution in [0.3, 0.4) is 0 Å². The number of carbonyl (C=O) groups is 1. The van der Waals surface area contributed by atoms with Gasteiger partial charge in [-0.1, -0.05) is 0 Å². The molecule has 2 aromatic rings. The van der Waals surface area contributed by atoms with Gasteiger partial charge in [0.2, 0.25) is 5.82 Å². The quantitative estimate of drug-likeness (QED) is 0.866. The van der Waals surface area contributed by atoms with Gasteiger partial charge in [0, 0.05) is 18.2 Å². The number of anilines is 1. The Bertz CT molecular complexity index is 638. The minimum absolute atomic E-state index is 0.106. The lowest BCUT2D eigenvalue weighted by atomic mass is 10.2. The fourth-order valence-corrected chi connectivity index (χ4v) is 1.87. The molecule has 1 aromatic carbocycles. The second kappa shape index (κ2) is 5.20. The topological polar surface area (TPSA) is 89.1 Å². The SMILES string of the molecule is Cc1nc(C(=O)Nc2ccc3c(c2)OCCCO3)n[nH]1. The van der Waals surface area contributed by atoms with Crippen molar-refractivity contribution >= 4 is 11.6 Å². The average molecular weight is 274 g/mol. The van der Waals surface area contributed by atoms with E-state index in [1.807, 2.05) is 0 Å². The van der Waals surface area contributed by atoms with Crippen LogP contribution in [0.25, 0.3) is 0 Å². The summed E-state index contributed by atoms with van der Waals surface area (Å²) in [6.07, 6.45) is 0.840. The molecule has 0 aliphatic carbocycles. The highest BCUT2D eigenvalue weighted by molar-refractivity contribution is 6.01. The van der Waals surface area contributed by atoms with Crippen molar-refractivity contribution in [2.75, 3.05) is 18.5 Å². The van der Waals surface area contributed by atoms with E-state index < -0.39 is 0 Å². The van der Waals surface area contributed by atoms with Gasteiger partial charge in [0.1, 0.15) is 5.82 Å². The molecule has 1 aromatic heterocycles. The zero-order chi connectivity index (χ0) is 13.9. The summed E-state index contributed by atoms with van der Waals surface area (Å²) in [5.74, 6) is 1.65. The Morgan fingerprint density at radius 3 is 2.85 bits per heavy atom. The molecule has 0 bridgehead atoms. The van der Waals surface area contributed by atoms with Gasteiger partial charge < -0.3 is 14.8 Å². The van der Waals surface area contributed by atoms with E-state index in [0.717, 1.165) is 6.42 Å². The number of nitrogens with zero attached hydrogens (tertiary/aromatic N) is 2. The Balaban J connectivity index is 1.77. The molecule has 0 radical (unpaired) electrons. The van der Waals surface area contributed by atoms with E-state index in [4.69, 9.17) is 9.47 Å². The molecule has 2 heterocycles. The molecule has 20 heavy (non-hydrogen) atoms. The number of ether oxygens (including phenoxy) is 2. The van der Waals surface area contributed by atoms with Crippen molar-refractivity contribution in [2.45, 2.75) is 13.3 Å². The van der Waals surface area contributed by atoms with Gasteiger partial charge in [-0.3, -0.25) is 9.89 Å². The van der Waals surface area contributed by atoms with Crippen LogP contribution in [-0.2, 0) is 0 Å². The minimum Gasteiger partial charge on any atom is -0.490 e. The molecule has 1 aliphatic rings. The van der Waals surface area contributed by atoms with Crippen LogP contribution in [0.1, 0.15) is 22.9 Å². The van der Waals surface area contributed by atoms with E-state index in [1.54, 1.807) is 25.1 Å². The first-order valence-electron chi connectivity index (χ1n) is 6.32. The van der Waals surface area contributed by atoms with E-state index in [-0.39, 0.29) is 11.7 Å². The van der Waals surface area contributed by atoms with Crippen LogP contribution < -0.4 is 14.8 Å². The smallest absolute Gasteiger partial charge is 0.295 e. The number of H-pyrrole nitrogens is 1. The highest BCUT2D eigenvalue weighted by Crippen LogP contribution is 2.32. The number of hydrogen-bond acceptors (Lipinski definition) is 5. The van der Waals surface area contributed by atoms with Crippen LogP contribution in [0.5, 0.6) is 11.5 Å². The number of fused-ring (bicyclic) bond motifs is 1. The molecular weight excluding hydrogens is 260 g/mol. The highest BCUT2D eigenvalue weighted by Gasteiger charge is 2.14. The Labute approximate surface area is 115 Å². The van der Waals surface area contributed by atoms with E-state index in [2.05, 4.69) is 20.5 Å². The molecule has 0 saturated heterocycles. The fourth-order valence-electron chi connectivity index (χ4n) is 1.87. The van der Waals surface area contributed by atoms with Crippen molar-refractivity contribution in [1.82, 2.24) is 15.2 Å². The number of rotatable bonds is 2. The molecule has 0 fully saturated rings. The highest BCUT2D eigenvalue weighted by atomic mass is 16.5. The maximum atomic E-state index is 11.9. The summed E-state index contributed by atoms with van der Waals surface area (Å²) in [6, 6.07) is 5.27. The van der Waals surface area contributed by atoms with Crippen LogP contribution in [-0.4, -0.2) is 34.3 Å². The molecule has 1 aliphatic heterocycles. The zero-order valence-electron chi connectivity index (χ0n) is 11.0. The molecule has 0 atom stereocenters. The number of nitrogens with one attached hydrogen (secondary N) is 2. The molecule has 2 N–H and O–H groups in total. The predicted octanol–water partition coefficient (Wildman–Crippen LogP) is 1.53. The summed E-state index contributed by atoms with van der Waals surface area (Å²) in [4.78, 5) is 15.9. The van der Waals surface area contributed by atoms with Crippen molar-refractivity contribution in [3.8, 4) is 11.5 Å². The summed E-state index contributed by atoms with van der Waals surface area (Å²) < 4.78 is 11.1. The number of aryl methyl sites for hydroxylation is 1. The first kappa shape index (κ1) is 12.5. The zero-order valence-corrected chi connectivity index (χ0v) is 11.0. The summed E-state index contributed by atoms with van der Waals surface area (Å²) in [7, 11) is 0. The van der Waals surface area contributed by atoms with Gasteiger partial charge in [-0.15, -0.1) is 5.10 Å². The summed E-state index contributed by atoms with van der Waals surface area (Å²) in [5, 5.41) is 9.16. The number of amides is 1. The van der Waals surface area contributed by atoms with E-state index in [0.29, 0.717) is 36.2 Å². The van der Waals surface area contributed by atoms with Crippen molar-refractivity contribution in [3.63, 3.8) is 0 Å². The molecule has 7 nitrogen and oxygen atoms in total. The van der Waals surface area contributed by atoms with Gasteiger partial charge in [0.15, 0.2) is 11.5 Å². The van der Waals surface area contributed by atoms with Gasteiger partial charge in [0.05, 0.1) is 13.2 Å². The molecular formula is C13H14N4O3. The molecule has 0 unspecified atom stereocenters. The first-order chi connectivity index (χ1) is 9.72. The normalized spacial score (nSPS) is 13.7. The van der Waals surface area contributed by atoms with Crippen LogP contribution >= 0.6 is 0 Å². The second-order valence-corrected chi connectivity index (χ2v) is 4.41. The molecule has 0 saturated carbocycles. The third-order valence-corrected chi connectivity index (χ3v) is 2.81. The van der Waals surface area contributed by atoms with Crippen LogP contribution in [0.4, 0.5) is 5.69 Å². The lowest BCUT2D eigenvalue weighted by molar-refractivity contribution is 0.101. The average Bonchev–Trinajstić information content (AvgIpc) is 2.74. The number of aromatic nitrogens is 3. The van der Waals surface area contributed by atoms with Crippen molar-refractivity contribution in [2.24, 2.45) is 0 Å². The summed E-state index contributed by atoms with van der Waals surface area (Å²) in [5.41, 5.74) is 0.613. The third kappa shape index (κ3) is 2.56. The lowest BCUT2D eigenvalue weighted by Crippen LogP contribution is -2.13. The van der Waals surface area contributed by atoms with Gasteiger partial charge in [-0.2, -0.15) is 0 Å². The van der Waals surface area contributed by atoms with Gasteiger partial charge in [-0.25, -0.2) is 4.98 Å². The Kier molecular flexibility index (Phi) is 3.24. The fraction of sp³-hybridized carbons (Fsp3) is 0.308. The van der Waals surface area contributed by atoms with E-state index in [9.17, 15) is 4.79 Å². The van der Waals surface area contributed by atoms with Crippen LogP contribution in [0.15, 0.2) is 18.2 Å². The number of aromatic amines is 1. The first-order valence-corrected chi connectivity index (χ1v) is 6.32. The second-order valence-electron chi connectivity index (χ2n) is 4.41. The largest absolute Gasteiger partial charge is 0.490 e. The Morgan fingerprint density at radius 2 is 2.10 bits per heavy atom. The van der Waals surface area contributed by atoms with Gasteiger partial charge >= 0.3 is 0 Å². The van der Waals surface area contributed by atoms with Gasteiger partial charge in [-0.05, 0) is 19.1 Å². The van der Waals surface area contributed by atoms with E-state index >= 15 is 0 Å².